The molecule has 1 heterocycles. The first kappa shape index (κ1) is 19.2. The molecular weight excluding hydrogens is 320 g/mol. The first-order valence-electron chi connectivity index (χ1n) is 8.66. The minimum absolute atomic E-state index is 0.0579. The summed E-state index contributed by atoms with van der Waals surface area (Å²) in [6, 6.07) is 10.0. The summed E-state index contributed by atoms with van der Waals surface area (Å²) < 4.78 is 17.5. The van der Waals surface area contributed by atoms with Gasteiger partial charge in [-0.3, -0.25) is 4.79 Å². The third-order valence-corrected chi connectivity index (χ3v) is 9.44. The summed E-state index contributed by atoms with van der Waals surface area (Å²) in [6.07, 6.45) is 0.788. The van der Waals surface area contributed by atoms with Gasteiger partial charge in [0.2, 0.25) is 0 Å². The molecule has 0 bridgehead atoms. The van der Waals surface area contributed by atoms with Crippen LogP contribution < -0.4 is 0 Å². The van der Waals surface area contributed by atoms with Gasteiger partial charge in [-0.2, -0.15) is 0 Å². The van der Waals surface area contributed by atoms with Crippen LogP contribution in [-0.4, -0.2) is 33.1 Å². The first-order chi connectivity index (χ1) is 11.2. The molecule has 0 aromatic heterocycles. The summed E-state index contributed by atoms with van der Waals surface area (Å²) in [5.41, 5.74) is 1.12. The zero-order chi connectivity index (χ0) is 17.8. The lowest BCUT2D eigenvalue weighted by atomic mass is 10.1. The Morgan fingerprint density at radius 1 is 1.21 bits per heavy atom. The summed E-state index contributed by atoms with van der Waals surface area (Å²) in [5.74, 6) is -0.182. The van der Waals surface area contributed by atoms with Gasteiger partial charge in [-0.25, -0.2) is 0 Å². The van der Waals surface area contributed by atoms with Crippen molar-refractivity contribution in [1.82, 2.24) is 0 Å². The van der Waals surface area contributed by atoms with Crippen molar-refractivity contribution < 1.29 is 18.7 Å². The first-order valence-corrected chi connectivity index (χ1v) is 11.6. The van der Waals surface area contributed by atoms with Crippen molar-refractivity contribution in [2.45, 2.75) is 70.6 Å². The molecule has 134 valence electrons. The third kappa shape index (κ3) is 5.43. The maximum Gasteiger partial charge on any atom is 0.308 e. The van der Waals surface area contributed by atoms with Crippen LogP contribution in [0.4, 0.5) is 0 Å². The topological polar surface area (TPSA) is 44.8 Å². The Labute approximate surface area is 146 Å². The smallest absolute Gasteiger partial charge is 0.308 e. The number of benzene rings is 1. The molecule has 2 atom stereocenters. The molecule has 0 spiro atoms. The van der Waals surface area contributed by atoms with E-state index in [9.17, 15) is 4.79 Å². The average molecular weight is 351 g/mol. The van der Waals surface area contributed by atoms with E-state index in [1.165, 1.54) is 0 Å². The molecule has 1 aliphatic rings. The van der Waals surface area contributed by atoms with Crippen LogP contribution in [0.3, 0.4) is 0 Å². The summed E-state index contributed by atoms with van der Waals surface area (Å²) in [5, 5.41) is 0.133. The van der Waals surface area contributed by atoms with Crippen LogP contribution in [0, 0.1) is 0 Å². The number of cyclic esters (lactones) is 1. The summed E-state index contributed by atoms with van der Waals surface area (Å²) >= 11 is 0. The van der Waals surface area contributed by atoms with E-state index in [1.807, 2.05) is 30.3 Å². The van der Waals surface area contributed by atoms with E-state index in [2.05, 4.69) is 33.9 Å². The lowest BCUT2D eigenvalue weighted by molar-refractivity contribution is -0.163. The maximum absolute atomic E-state index is 11.9. The van der Waals surface area contributed by atoms with Gasteiger partial charge in [0, 0.05) is 6.42 Å². The lowest BCUT2D eigenvalue weighted by Crippen LogP contribution is -2.47. The lowest BCUT2D eigenvalue weighted by Gasteiger charge is -2.41. The molecular formula is C19H30O4Si. The highest BCUT2D eigenvalue weighted by atomic mass is 28.4. The summed E-state index contributed by atoms with van der Waals surface area (Å²) in [4.78, 5) is 11.9. The number of hydrogen-bond acceptors (Lipinski definition) is 4. The van der Waals surface area contributed by atoms with Crippen LogP contribution in [0.25, 0.3) is 0 Å². The predicted molar refractivity (Wildman–Crippen MR) is 97.3 cm³/mol. The van der Waals surface area contributed by atoms with Gasteiger partial charge in [0.05, 0.1) is 25.7 Å². The number of hydrogen-bond donors (Lipinski definition) is 0. The molecule has 0 saturated carbocycles. The van der Waals surface area contributed by atoms with Crippen molar-refractivity contribution in [1.29, 1.82) is 0 Å². The fraction of sp³-hybridized carbons (Fsp3) is 0.632. The largest absolute Gasteiger partial charge is 0.460 e. The number of rotatable bonds is 6. The SMILES string of the molecule is CC(C)(C)[Si](C)(C)O[C@@H]1CC(=O)O[C@@H](COCc2ccccc2)C1. The van der Waals surface area contributed by atoms with Crippen LogP contribution in [0.15, 0.2) is 30.3 Å². The van der Waals surface area contributed by atoms with Gasteiger partial charge in [-0.15, -0.1) is 0 Å². The van der Waals surface area contributed by atoms with E-state index in [-0.39, 0.29) is 23.2 Å². The quantitative estimate of drug-likeness (QED) is 0.567. The monoisotopic (exact) mass is 350 g/mol. The molecule has 0 amide bonds. The molecule has 1 fully saturated rings. The van der Waals surface area contributed by atoms with E-state index < -0.39 is 8.32 Å². The van der Waals surface area contributed by atoms with Gasteiger partial charge in [0.1, 0.15) is 6.10 Å². The molecule has 0 N–H and O–H groups in total. The highest BCUT2D eigenvalue weighted by Crippen LogP contribution is 2.38. The molecule has 5 heteroatoms. The van der Waals surface area contributed by atoms with Gasteiger partial charge in [-0.05, 0) is 23.7 Å². The van der Waals surface area contributed by atoms with Crippen LogP contribution in [-0.2, 0) is 25.3 Å². The third-order valence-electron chi connectivity index (χ3n) is 4.90. The van der Waals surface area contributed by atoms with Crippen LogP contribution in [0.2, 0.25) is 18.1 Å². The minimum atomic E-state index is -1.88. The normalized spacial score (nSPS) is 22.3. The molecule has 2 rings (SSSR count). The van der Waals surface area contributed by atoms with Gasteiger partial charge >= 0.3 is 5.97 Å². The van der Waals surface area contributed by atoms with Crippen LogP contribution >= 0.6 is 0 Å². The molecule has 24 heavy (non-hydrogen) atoms. The van der Waals surface area contributed by atoms with E-state index in [0.717, 1.165) is 5.56 Å². The molecule has 1 aliphatic heterocycles. The second-order valence-electron chi connectivity index (χ2n) is 8.05. The number of ether oxygens (including phenoxy) is 2. The molecule has 4 nitrogen and oxygen atoms in total. The van der Waals surface area contributed by atoms with Crippen molar-refractivity contribution >= 4 is 14.3 Å². The zero-order valence-electron chi connectivity index (χ0n) is 15.5. The Morgan fingerprint density at radius 2 is 1.88 bits per heavy atom. The Hall–Kier alpha value is -1.17. The van der Waals surface area contributed by atoms with Crippen molar-refractivity contribution in [3.05, 3.63) is 35.9 Å². The van der Waals surface area contributed by atoms with Gasteiger partial charge in [-0.1, -0.05) is 51.1 Å². The number of esters is 1. The zero-order valence-corrected chi connectivity index (χ0v) is 16.5. The highest BCUT2D eigenvalue weighted by Gasteiger charge is 2.41. The van der Waals surface area contributed by atoms with Crippen molar-refractivity contribution in [2.75, 3.05) is 6.61 Å². The standard InChI is InChI=1S/C19H30O4Si/c1-19(2,3)24(4,5)23-16-11-17(22-18(20)12-16)14-21-13-15-9-7-6-8-10-15/h6-10,16-17H,11-14H2,1-5H3/t16-,17+/m0/s1. The Bertz CT molecular complexity index is 536. The molecule has 0 unspecified atom stereocenters. The summed E-state index contributed by atoms with van der Waals surface area (Å²) in [7, 11) is -1.88. The van der Waals surface area contributed by atoms with Gasteiger partial charge < -0.3 is 13.9 Å². The average Bonchev–Trinajstić information content (AvgIpc) is 2.46. The Balaban J connectivity index is 1.85. The predicted octanol–water partition coefficient (Wildman–Crippen LogP) is 4.30. The Kier molecular flexibility index (Phi) is 6.23. The minimum Gasteiger partial charge on any atom is -0.460 e. The number of carbonyl (C=O) groups excluding carboxylic acids is 1. The highest BCUT2D eigenvalue weighted by molar-refractivity contribution is 6.74. The van der Waals surface area contributed by atoms with E-state index in [1.54, 1.807) is 0 Å². The fourth-order valence-corrected chi connectivity index (χ4v) is 3.88. The van der Waals surface area contributed by atoms with Crippen molar-refractivity contribution in [3.63, 3.8) is 0 Å². The van der Waals surface area contributed by atoms with Gasteiger partial charge in [0.15, 0.2) is 8.32 Å². The molecule has 1 saturated heterocycles. The van der Waals surface area contributed by atoms with Crippen LogP contribution in [0.1, 0.15) is 39.2 Å². The molecule has 0 aliphatic carbocycles. The van der Waals surface area contributed by atoms with Crippen molar-refractivity contribution in [3.8, 4) is 0 Å². The van der Waals surface area contributed by atoms with Crippen molar-refractivity contribution in [2.24, 2.45) is 0 Å². The van der Waals surface area contributed by atoms with E-state index >= 15 is 0 Å². The molecule has 1 aromatic carbocycles. The van der Waals surface area contributed by atoms with Crippen LogP contribution in [0.5, 0.6) is 0 Å². The summed E-state index contributed by atoms with van der Waals surface area (Å²) in [6.45, 7) is 12.0. The van der Waals surface area contributed by atoms with E-state index in [4.69, 9.17) is 13.9 Å². The number of carbonyl (C=O) groups is 1. The maximum atomic E-state index is 11.9. The Morgan fingerprint density at radius 3 is 2.50 bits per heavy atom. The fourth-order valence-electron chi connectivity index (χ4n) is 2.51. The molecule has 1 aromatic rings. The van der Waals surface area contributed by atoms with E-state index in [0.29, 0.717) is 26.1 Å². The molecule has 0 radical (unpaired) electrons. The second kappa shape index (κ2) is 7.81. The second-order valence-corrected chi connectivity index (χ2v) is 12.8. The van der Waals surface area contributed by atoms with Gasteiger partial charge in [0.25, 0.3) is 0 Å².